The van der Waals surface area contributed by atoms with E-state index in [1.54, 1.807) is 0 Å². The van der Waals surface area contributed by atoms with Gasteiger partial charge >= 0.3 is 0 Å². The first-order valence-corrected chi connectivity index (χ1v) is 16.8. The second-order valence-electron chi connectivity index (χ2n) is 13.8. The molecule has 1 aliphatic carbocycles. The minimum atomic E-state index is 0.0773. The molecule has 9 rings (SSSR count). The first kappa shape index (κ1) is 28.5. The van der Waals surface area contributed by atoms with Crippen molar-refractivity contribution in [1.29, 1.82) is 0 Å². The summed E-state index contributed by atoms with van der Waals surface area (Å²) >= 11 is 0. The fourth-order valence-electron chi connectivity index (χ4n) is 7.40. The molecule has 4 nitrogen and oxygen atoms in total. The van der Waals surface area contributed by atoms with E-state index in [1.807, 2.05) is 12.1 Å². The SMILES string of the molecule is CC(C)(C)c1ccc(-n2c3c(c4ccc5c6ccccc6n(-c6nc(-c7ccccc7)cc(-c7ccccc7)n6)c5c42)CCC=C3)cc1. The number of hydrogen-bond donors (Lipinski definition) is 0. The number of nitrogens with zero attached hydrogens (tertiary/aromatic N) is 4. The van der Waals surface area contributed by atoms with Crippen LogP contribution in [0.4, 0.5) is 0 Å². The average Bonchev–Trinajstić information content (AvgIpc) is 3.65. The van der Waals surface area contributed by atoms with Gasteiger partial charge in [0, 0.05) is 38.7 Å². The summed E-state index contributed by atoms with van der Waals surface area (Å²) in [7, 11) is 0. The zero-order chi connectivity index (χ0) is 32.4. The van der Waals surface area contributed by atoms with Crippen LogP contribution in [0.1, 0.15) is 44.0 Å². The summed E-state index contributed by atoms with van der Waals surface area (Å²) in [5, 5.41) is 3.67. The molecular formula is C44H36N4. The van der Waals surface area contributed by atoms with Gasteiger partial charge in [-0.1, -0.05) is 130 Å². The minimum absolute atomic E-state index is 0.0773. The van der Waals surface area contributed by atoms with Crippen molar-refractivity contribution in [2.24, 2.45) is 0 Å². The highest BCUT2D eigenvalue weighted by Crippen LogP contribution is 2.42. The van der Waals surface area contributed by atoms with Crippen molar-refractivity contribution in [2.45, 2.75) is 39.0 Å². The zero-order valence-electron chi connectivity index (χ0n) is 27.5. The molecule has 0 spiro atoms. The molecule has 3 heterocycles. The first-order chi connectivity index (χ1) is 23.5. The van der Waals surface area contributed by atoms with Crippen molar-refractivity contribution in [3.8, 4) is 34.2 Å². The van der Waals surface area contributed by atoms with Crippen LogP contribution in [-0.2, 0) is 11.8 Å². The number of aromatic nitrogens is 4. The van der Waals surface area contributed by atoms with E-state index in [1.165, 1.54) is 38.5 Å². The molecule has 4 heteroatoms. The zero-order valence-corrected chi connectivity index (χ0v) is 27.5. The van der Waals surface area contributed by atoms with Gasteiger partial charge in [0.15, 0.2) is 0 Å². The van der Waals surface area contributed by atoms with Crippen molar-refractivity contribution in [1.82, 2.24) is 19.1 Å². The highest BCUT2D eigenvalue weighted by molar-refractivity contribution is 6.19. The summed E-state index contributed by atoms with van der Waals surface area (Å²) in [6, 6.07) is 45.4. The Bertz CT molecular complexity index is 2450. The highest BCUT2D eigenvalue weighted by Gasteiger charge is 2.26. The van der Waals surface area contributed by atoms with Crippen LogP contribution >= 0.6 is 0 Å². The molecule has 0 saturated carbocycles. The van der Waals surface area contributed by atoms with Crippen LogP contribution in [0.15, 0.2) is 133 Å². The van der Waals surface area contributed by atoms with Crippen LogP contribution in [0.5, 0.6) is 0 Å². The molecule has 1 aliphatic rings. The average molecular weight is 621 g/mol. The topological polar surface area (TPSA) is 35.6 Å². The van der Waals surface area contributed by atoms with Crippen LogP contribution in [-0.4, -0.2) is 19.1 Å². The molecule has 0 aliphatic heterocycles. The van der Waals surface area contributed by atoms with Crippen molar-refractivity contribution >= 4 is 38.8 Å². The Hall–Kier alpha value is -5.74. The van der Waals surface area contributed by atoms with E-state index in [2.05, 4.69) is 157 Å². The van der Waals surface area contributed by atoms with Crippen molar-refractivity contribution in [3.63, 3.8) is 0 Å². The van der Waals surface area contributed by atoms with Gasteiger partial charge in [-0.15, -0.1) is 0 Å². The van der Waals surface area contributed by atoms with Gasteiger partial charge in [0.05, 0.1) is 27.9 Å². The number of benzene rings is 5. The Kier molecular flexibility index (Phi) is 6.48. The second-order valence-corrected chi connectivity index (χ2v) is 13.8. The Balaban J connectivity index is 1.42. The normalized spacial score (nSPS) is 13.1. The van der Waals surface area contributed by atoms with E-state index in [9.17, 15) is 0 Å². The molecular weight excluding hydrogens is 585 g/mol. The van der Waals surface area contributed by atoms with E-state index in [4.69, 9.17) is 9.97 Å². The first-order valence-electron chi connectivity index (χ1n) is 16.8. The van der Waals surface area contributed by atoms with Gasteiger partial charge in [0.25, 0.3) is 0 Å². The maximum Gasteiger partial charge on any atom is 0.235 e. The third kappa shape index (κ3) is 4.51. The van der Waals surface area contributed by atoms with Crippen LogP contribution < -0.4 is 0 Å². The fourth-order valence-corrected chi connectivity index (χ4v) is 7.40. The third-order valence-electron chi connectivity index (χ3n) is 9.79. The van der Waals surface area contributed by atoms with Gasteiger partial charge < -0.3 is 4.57 Å². The number of para-hydroxylation sites is 1. The molecule has 232 valence electrons. The van der Waals surface area contributed by atoms with Gasteiger partial charge in [-0.2, -0.15) is 0 Å². The molecule has 0 atom stereocenters. The summed E-state index contributed by atoms with van der Waals surface area (Å²) in [5.74, 6) is 0.665. The Morgan fingerprint density at radius 2 is 1.19 bits per heavy atom. The number of rotatable bonds is 4. The van der Waals surface area contributed by atoms with Crippen LogP contribution in [0.3, 0.4) is 0 Å². The number of allylic oxidation sites excluding steroid dienone is 1. The lowest BCUT2D eigenvalue weighted by Gasteiger charge is -2.20. The minimum Gasteiger partial charge on any atom is -0.308 e. The monoisotopic (exact) mass is 620 g/mol. The van der Waals surface area contributed by atoms with Gasteiger partial charge in [0.1, 0.15) is 0 Å². The molecule has 5 aromatic carbocycles. The Morgan fingerprint density at radius 3 is 1.85 bits per heavy atom. The number of aryl methyl sites for hydroxylation is 1. The largest absolute Gasteiger partial charge is 0.308 e. The highest BCUT2D eigenvalue weighted by atomic mass is 15.2. The fraction of sp³-hybridized carbons (Fsp3) is 0.136. The lowest BCUT2D eigenvalue weighted by Crippen LogP contribution is -2.11. The Labute approximate surface area is 280 Å². The molecule has 0 fully saturated rings. The van der Waals surface area contributed by atoms with Gasteiger partial charge in [-0.05, 0) is 59.7 Å². The number of hydrogen-bond acceptors (Lipinski definition) is 2. The van der Waals surface area contributed by atoms with E-state index in [0.29, 0.717) is 5.95 Å². The maximum atomic E-state index is 5.33. The summed E-state index contributed by atoms with van der Waals surface area (Å²) < 4.78 is 4.78. The van der Waals surface area contributed by atoms with Crippen molar-refractivity contribution in [3.05, 3.63) is 150 Å². The standard InChI is InChI=1S/C44H36N4/c1-44(2,3)31-22-24-32(25-23-31)47-39-20-12-10-18-33(39)35-26-27-36-34-19-11-13-21-40(34)48(42(36)41(35)47)43-45-37(29-14-6-4-7-15-29)28-38(46-43)30-16-8-5-9-17-30/h4-9,11-17,19-28H,10,18H2,1-3H3. The van der Waals surface area contributed by atoms with Crippen LogP contribution in [0, 0.1) is 0 Å². The molecule has 0 bridgehead atoms. The predicted octanol–water partition coefficient (Wildman–Crippen LogP) is 11.1. The van der Waals surface area contributed by atoms with E-state index >= 15 is 0 Å². The summed E-state index contributed by atoms with van der Waals surface area (Å²) in [6.07, 6.45) is 6.68. The predicted molar refractivity (Wildman–Crippen MR) is 200 cm³/mol. The van der Waals surface area contributed by atoms with Crippen LogP contribution in [0.2, 0.25) is 0 Å². The van der Waals surface area contributed by atoms with Crippen LogP contribution in [0.25, 0.3) is 72.9 Å². The summed E-state index contributed by atoms with van der Waals surface area (Å²) in [6.45, 7) is 6.81. The van der Waals surface area contributed by atoms with Gasteiger partial charge in [-0.25, -0.2) is 9.97 Å². The molecule has 0 radical (unpaired) electrons. The van der Waals surface area contributed by atoms with Crippen molar-refractivity contribution < 1.29 is 0 Å². The third-order valence-corrected chi connectivity index (χ3v) is 9.79. The lowest BCUT2D eigenvalue weighted by atomic mass is 9.87. The van der Waals surface area contributed by atoms with Gasteiger partial charge in [0.2, 0.25) is 5.95 Å². The lowest BCUT2D eigenvalue weighted by molar-refractivity contribution is 0.590. The molecule has 0 N–H and O–H groups in total. The summed E-state index contributed by atoms with van der Waals surface area (Å²) in [5.41, 5.74) is 12.5. The molecule has 0 unspecified atom stereocenters. The molecule has 0 amide bonds. The summed E-state index contributed by atoms with van der Waals surface area (Å²) in [4.78, 5) is 10.7. The smallest absolute Gasteiger partial charge is 0.235 e. The quantitative estimate of drug-likeness (QED) is 0.196. The van der Waals surface area contributed by atoms with Crippen molar-refractivity contribution in [2.75, 3.05) is 0 Å². The molecule has 3 aromatic heterocycles. The van der Waals surface area contributed by atoms with E-state index < -0.39 is 0 Å². The molecule has 0 saturated heterocycles. The van der Waals surface area contributed by atoms with Gasteiger partial charge in [-0.3, -0.25) is 4.57 Å². The molecule has 48 heavy (non-hydrogen) atoms. The second kappa shape index (κ2) is 10.9. The number of fused-ring (bicyclic) bond motifs is 7. The van der Waals surface area contributed by atoms with E-state index in [-0.39, 0.29) is 5.41 Å². The Morgan fingerprint density at radius 1 is 0.583 bits per heavy atom. The molecule has 8 aromatic rings. The van der Waals surface area contributed by atoms with E-state index in [0.717, 1.165) is 52.1 Å². The maximum absolute atomic E-state index is 5.33.